The molecule has 1 aromatic heterocycles. The molecule has 0 bridgehead atoms. The van der Waals surface area contributed by atoms with Gasteiger partial charge in [-0.25, -0.2) is 15.2 Å². The van der Waals surface area contributed by atoms with Crippen molar-refractivity contribution in [2.24, 2.45) is 5.84 Å². The normalized spacial score (nSPS) is 19.6. The van der Waals surface area contributed by atoms with Crippen LogP contribution in [0, 0.1) is 5.82 Å². The number of nitrogen functional groups attached to an aromatic ring is 1. The predicted molar refractivity (Wildman–Crippen MR) is 66.7 cm³/mol. The zero-order valence-electron chi connectivity index (χ0n) is 10.4. The molecule has 1 atom stereocenters. The molecule has 0 aromatic carbocycles. The van der Waals surface area contributed by atoms with Gasteiger partial charge in [-0.15, -0.1) is 0 Å². The van der Waals surface area contributed by atoms with Gasteiger partial charge in [0, 0.05) is 20.2 Å². The number of halogens is 1. The van der Waals surface area contributed by atoms with E-state index in [2.05, 4.69) is 15.4 Å². The maximum Gasteiger partial charge on any atom is 0.239 e. The number of nitrogens with two attached hydrogens (primary N) is 1. The number of nitrogens with one attached hydrogen (secondary N) is 1. The standard InChI is InChI=1S/C11H18FN5O/c1-17(7-8-4-2-3-5-18-8)10-9(12)6-14-11(15-10)16-13/h6,8H,2-5,7,13H2,1H3,(H,14,15,16). The lowest BCUT2D eigenvalue weighted by Crippen LogP contribution is -2.34. The van der Waals surface area contributed by atoms with E-state index >= 15 is 0 Å². The summed E-state index contributed by atoms with van der Waals surface area (Å²) in [6, 6.07) is 0. The molecule has 1 fully saturated rings. The van der Waals surface area contributed by atoms with Crippen LogP contribution in [-0.4, -0.2) is 36.3 Å². The van der Waals surface area contributed by atoms with Crippen molar-refractivity contribution in [1.29, 1.82) is 0 Å². The van der Waals surface area contributed by atoms with Crippen LogP contribution in [0.2, 0.25) is 0 Å². The van der Waals surface area contributed by atoms with E-state index in [0.29, 0.717) is 6.54 Å². The molecule has 1 unspecified atom stereocenters. The zero-order chi connectivity index (χ0) is 13.0. The van der Waals surface area contributed by atoms with Gasteiger partial charge in [-0.05, 0) is 19.3 Å². The molecule has 0 saturated carbocycles. The van der Waals surface area contributed by atoms with E-state index in [1.807, 2.05) is 0 Å². The third-order valence-electron chi connectivity index (χ3n) is 2.97. The van der Waals surface area contributed by atoms with E-state index in [1.165, 1.54) is 0 Å². The van der Waals surface area contributed by atoms with Crippen LogP contribution in [0.25, 0.3) is 0 Å². The van der Waals surface area contributed by atoms with Crippen molar-refractivity contribution < 1.29 is 9.13 Å². The second-order valence-electron chi connectivity index (χ2n) is 4.38. The Labute approximate surface area is 105 Å². The van der Waals surface area contributed by atoms with Crippen LogP contribution in [0.4, 0.5) is 16.2 Å². The summed E-state index contributed by atoms with van der Waals surface area (Å²) >= 11 is 0. The fourth-order valence-electron chi connectivity index (χ4n) is 2.04. The number of anilines is 2. The summed E-state index contributed by atoms with van der Waals surface area (Å²) in [6.07, 6.45) is 4.49. The molecule has 100 valence electrons. The van der Waals surface area contributed by atoms with Gasteiger partial charge < -0.3 is 9.64 Å². The van der Waals surface area contributed by atoms with Gasteiger partial charge in [0.1, 0.15) is 0 Å². The van der Waals surface area contributed by atoms with Crippen LogP contribution >= 0.6 is 0 Å². The first kappa shape index (κ1) is 13.0. The number of hydrogen-bond donors (Lipinski definition) is 2. The van der Waals surface area contributed by atoms with E-state index in [-0.39, 0.29) is 17.9 Å². The number of aromatic nitrogens is 2. The molecular weight excluding hydrogens is 237 g/mol. The summed E-state index contributed by atoms with van der Waals surface area (Å²) in [7, 11) is 1.78. The smallest absolute Gasteiger partial charge is 0.239 e. The van der Waals surface area contributed by atoms with Gasteiger partial charge in [0.2, 0.25) is 5.95 Å². The molecule has 2 rings (SSSR count). The topological polar surface area (TPSA) is 76.3 Å². The van der Waals surface area contributed by atoms with Gasteiger partial charge in [0.15, 0.2) is 11.6 Å². The first-order valence-corrected chi connectivity index (χ1v) is 6.02. The molecular formula is C11H18FN5O. The molecule has 6 nitrogen and oxygen atoms in total. The minimum Gasteiger partial charge on any atom is -0.376 e. The van der Waals surface area contributed by atoms with Crippen LogP contribution in [0.5, 0.6) is 0 Å². The van der Waals surface area contributed by atoms with Crippen molar-refractivity contribution in [3.8, 4) is 0 Å². The number of likely N-dealkylation sites (N-methyl/N-ethyl adjacent to an activating group) is 1. The van der Waals surface area contributed by atoms with Crippen molar-refractivity contribution in [2.75, 3.05) is 30.5 Å². The van der Waals surface area contributed by atoms with E-state index < -0.39 is 5.82 Å². The monoisotopic (exact) mass is 255 g/mol. The third kappa shape index (κ3) is 3.05. The van der Waals surface area contributed by atoms with Gasteiger partial charge in [0.25, 0.3) is 0 Å². The molecule has 7 heteroatoms. The number of hydrazine groups is 1. The molecule has 3 N–H and O–H groups in total. The average Bonchev–Trinajstić information content (AvgIpc) is 2.40. The largest absolute Gasteiger partial charge is 0.376 e. The van der Waals surface area contributed by atoms with Crippen molar-refractivity contribution in [1.82, 2.24) is 9.97 Å². The molecule has 1 saturated heterocycles. The lowest BCUT2D eigenvalue weighted by Gasteiger charge is -2.28. The zero-order valence-corrected chi connectivity index (χ0v) is 10.4. The number of hydrogen-bond acceptors (Lipinski definition) is 6. The Balaban J connectivity index is 2.04. The second-order valence-corrected chi connectivity index (χ2v) is 4.38. The molecule has 18 heavy (non-hydrogen) atoms. The van der Waals surface area contributed by atoms with Gasteiger partial charge in [-0.2, -0.15) is 4.98 Å². The number of nitrogens with zero attached hydrogens (tertiary/aromatic N) is 3. The Kier molecular flexibility index (Phi) is 4.27. The Morgan fingerprint density at radius 3 is 3.11 bits per heavy atom. The highest BCUT2D eigenvalue weighted by Crippen LogP contribution is 2.19. The number of rotatable bonds is 4. The molecule has 0 amide bonds. The third-order valence-corrected chi connectivity index (χ3v) is 2.97. The highest BCUT2D eigenvalue weighted by molar-refractivity contribution is 5.42. The van der Waals surface area contributed by atoms with Gasteiger partial charge in [-0.3, -0.25) is 5.43 Å². The summed E-state index contributed by atoms with van der Waals surface area (Å²) in [6.45, 7) is 1.39. The van der Waals surface area contributed by atoms with E-state index in [4.69, 9.17) is 10.6 Å². The summed E-state index contributed by atoms with van der Waals surface area (Å²) in [4.78, 5) is 9.44. The molecule has 0 spiro atoms. The van der Waals surface area contributed by atoms with E-state index in [1.54, 1.807) is 11.9 Å². The van der Waals surface area contributed by atoms with Crippen molar-refractivity contribution >= 4 is 11.8 Å². The Morgan fingerprint density at radius 2 is 2.44 bits per heavy atom. The Bertz CT molecular complexity index is 397. The quantitative estimate of drug-likeness (QED) is 0.615. The fourth-order valence-corrected chi connectivity index (χ4v) is 2.04. The second kappa shape index (κ2) is 5.92. The van der Waals surface area contributed by atoms with Crippen LogP contribution in [0.1, 0.15) is 19.3 Å². The van der Waals surface area contributed by atoms with E-state index in [0.717, 1.165) is 32.1 Å². The van der Waals surface area contributed by atoms with Gasteiger partial charge >= 0.3 is 0 Å². The Hall–Kier alpha value is -1.47. The van der Waals surface area contributed by atoms with E-state index in [9.17, 15) is 4.39 Å². The maximum atomic E-state index is 13.6. The summed E-state index contributed by atoms with van der Waals surface area (Å²) in [5, 5.41) is 0. The van der Waals surface area contributed by atoms with Crippen molar-refractivity contribution in [2.45, 2.75) is 25.4 Å². The predicted octanol–water partition coefficient (Wildman–Crippen LogP) is 0.907. The van der Waals surface area contributed by atoms with Crippen molar-refractivity contribution in [3.63, 3.8) is 0 Å². The van der Waals surface area contributed by atoms with Gasteiger partial charge in [-0.1, -0.05) is 0 Å². The molecule has 1 aromatic rings. The molecule has 0 radical (unpaired) electrons. The highest BCUT2D eigenvalue weighted by atomic mass is 19.1. The minimum absolute atomic E-state index is 0.132. The van der Waals surface area contributed by atoms with Crippen LogP contribution in [0.15, 0.2) is 6.20 Å². The Morgan fingerprint density at radius 1 is 1.61 bits per heavy atom. The lowest BCUT2D eigenvalue weighted by molar-refractivity contribution is 0.0215. The highest BCUT2D eigenvalue weighted by Gasteiger charge is 2.19. The van der Waals surface area contributed by atoms with Crippen LogP contribution in [-0.2, 0) is 4.74 Å². The summed E-state index contributed by atoms with van der Waals surface area (Å²) in [5.41, 5.74) is 2.31. The minimum atomic E-state index is -0.465. The first-order chi connectivity index (χ1) is 8.70. The molecule has 1 aliphatic rings. The molecule has 2 heterocycles. The SMILES string of the molecule is CN(CC1CCCCO1)c1nc(NN)ncc1F. The van der Waals surface area contributed by atoms with Crippen molar-refractivity contribution in [3.05, 3.63) is 12.0 Å². The summed E-state index contributed by atoms with van der Waals surface area (Å²) < 4.78 is 19.3. The van der Waals surface area contributed by atoms with Crippen LogP contribution in [0.3, 0.4) is 0 Å². The van der Waals surface area contributed by atoms with Crippen LogP contribution < -0.4 is 16.2 Å². The van der Waals surface area contributed by atoms with Gasteiger partial charge in [0.05, 0.1) is 12.3 Å². The number of ether oxygens (including phenoxy) is 1. The maximum absolute atomic E-state index is 13.6. The first-order valence-electron chi connectivity index (χ1n) is 6.02. The molecule has 0 aliphatic carbocycles. The molecule has 1 aliphatic heterocycles. The summed E-state index contributed by atoms with van der Waals surface area (Å²) in [5.74, 6) is 5.17. The lowest BCUT2D eigenvalue weighted by atomic mass is 10.1. The average molecular weight is 255 g/mol. The fraction of sp³-hybridized carbons (Fsp3) is 0.636.